The molecule has 0 unspecified atom stereocenters. The number of pyridine rings is 1. The molecule has 0 amide bonds. The number of hydrogen-bond acceptors (Lipinski definition) is 6. The maximum Gasteiger partial charge on any atom is 0.135 e. The minimum absolute atomic E-state index is 0.783. The summed E-state index contributed by atoms with van der Waals surface area (Å²) in [5, 5.41) is 0. The number of aromatic nitrogens is 3. The van der Waals surface area contributed by atoms with E-state index < -0.39 is 0 Å². The lowest BCUT2D eigenvalue weighted by Gasteiger charge is -2.25. The van der Waals surface area contributed by atoms with Gasteiger partial charge >= 0.3 is 0 Å². The quantitative estimate of drug-likeness (QED) is 0.841. The lowest BCUT2D eigenvalue weighted by Crippen LogP contribution is -2.29. The molecule has 26 heavy (non-hydrogen) atoms. The van der Waals surface area contributed by atoms with Crippen LogP contribution in [0, 0.1) is 6.92 Å². The van der Waals surface area contributed by atoms with E-state index in [1.54, 1.807) is 0 Å². The van der Waals surface area contributed by atoms with E-state index in [1.165, 1.54) is 16.8 Å². The fourth-order valence-corrected chi connectivity index (χ4v) is 3.87. The summed E-state index contributed by atoms with van der Waals surface area (Å²) < 4.78 is 5.63. The summed E-state index contributed by atoms with van der Waals surface area (Å²) in [6.45, 7) is 8.58. The fourth-order valence-electron chi connectivity index (χ4n) is 3.87. The van der Waals surface area contributed by atoms with Crippen molar-refractivity contribution in [1.29, 1.82) is 0 Å². The SMILES string of the molecule is Cc1nc2c(c(N3CCCOCC3)n1)CCN(Cc1cccnc1)CC2. The number of aryl methyl sites for hydroxylation is 1. The summed E-state index contributed by atoms with van der Waals surface area (Å²) in [6.07, 6.45) is 6.84. The molecule has 0 bridgehead atoms. The molecule has 0 atom stereocenters. The Morgan fingerprint density at radius 1 is 1.08 bits per heavy atom. The van der Waals surface area contributed by atoms with Gasteiger partial charge in [-0.3, -0.25) is 9.88 Å². The minimum Gasteiger partial charge on any atom is -0.380 e. The van der Waals surface area contributed by atoms with Crippen LogP contribution in [0.3, 0.4) is 0 Å². The molecule has 1 saturated heterocycles. The smallest absolute Gasteiger partial charge is 0.135 e. The highest BCUT2D eigenvalue weighted by Gasteiger charge is 2.23. The first kappa shape index (κ1) is 17.4. The summed E-state index contributed by atoms with van der Waals surface area (Å²) in [5.74, 6) is 2.02. The van der Waals surface area contributed by atoms with Crippen molar-refractivity contribution in [3.05, 3.63) is 47.2 Å². The maximum absolute atomic E-state index is 5.63. The van der Waals surface area contributed by atoms with E-state index in [1.807, 2.05) is 25.4 Å². The largest absolute Gasteiger partial charge is 0.380 e. The Kier molecular flexibility index (Phi) is 5.41. The fraction of sp³-hybridized carbons (Fsp3) is 0.550. The molecule has 2 aliphatic rings. The molecule has 0 spiro atoms. The van der Waals surface area contributed by atoms with Crippen LogP contribution in [0.1, 0.15) is 29.1 Å². The molecule has 0 aromatic carbocycles. The van der Waals surface area contributed by atoms with Crippen LogP contribution < -0.4 is 4.90 Å². The van der Waals surface area contributed by atoms with Gasteiger partial charge in [-0.05, 0) is 31.4 Å². The molecule has 0 saturated carbocycles. The van der Waals surface area contributed by atoms with Gasteiger partial charge < -0.3 is 9.64 Å². The van der Waals surface area contributed by atoms with Crippen LogP contribution in [0.25, 0.3) is 0 Å². The van der Waals surface area contributed by atoms with Crippen LogP contribution in [-0.2, 0) is 24.1 Å². The maximum atomic E-state index is 5.63. The van der Waals surface area contributed by atoms with Crippen LogP contribution in [0.5, 0.6) is 0 Å². The zero-order chi connectivity index (χ0) is 17.8. The normalized spacial score (nSPS) is 18.9. The van der Waals surface area contributed by atoms with Crippen LogP contribution in [0.2, 0.25) is 0 Å². The third-order valence-electron chi connectivity index (χ3n) is 5.18. The van der Waals surface area contributed by atoms with Gasteiger partial charge in [-0.25, -0.2) is 9.97 Å². The van der Waals surface area contributed by atoms with Gasteiger partial charge in [0, 0.05) is 63.7 Å². The van der Waals surface area contributed by atoms with Crippen molar-refractivity contribution < 1.29 is 4.74 Å². The monoisotopic (exact) mass is 353 g/mol. The highest BCUT2D eigenvalue weighted by Crippen LogP contribution is 2.26. The van der Waals surface area contributed by atoms with Gasteiger partial charge in [0.25, 0.3) is 0 Å². The first-order valence-corrected chi connectivity index (χ1v) is 9.60. The van der Waals surface area contributed by atoms with Gasteiger partial charge in [0.15, 0.2) is 0 Å². The molecular formula is C20H27N5O. The Balaban J connectivity index is 1.54. The lowest BCUT2D eigenvalue weighted by molar-refractivity contribution is 0.152. The zero-order valence-electron chi connectivity index (χ0n) is 15.5. The van der Waals surface area contributed by atoms with Gasteiger partial charge in [0.1, 0.15) is 11.6 Å². The Bertz CT molecular complexity index is 728. The first-order valence-electron chi connectivity index (χ1n) is 9.60. The second kappa shape index (κ2) is 8.10. The van der Waals surface area contributed by atoms with E-state index in [2.05, 4.69) is 20.9 Å². The van der Waals surface area contributed by atoms with E-state index in [0.717, 1.165) is 76.8 Å². The summed E-state index contributed by atoms with van der Waals surface area (Å²) in [4.78, 5) is 18.8. The first-order chi connectivity index (χ1) is 12.8. The molecule has 1 fully saturated rings. The Labute approximate surface area is 155 Å². The summed E-state index contributed by atoms with van der Waals surface area (Å²) in [6, 6.07) is 4.16. The van der Waals surface area contributed by atoms with Crippen molar-refractivity contribution in [2.24, 2.45) is 0 Å². The Morgan fingerprint density at radius 2 is 2.00 bits per heavy atom. The molecule has 6 heteroatoms. The van der Waals surface area contributed by atoms with Crippen molar-refractivity contribution in [2.75, 3.05) is 44.3 Å². The second-order valence-electron chi connectivity index (χ2n) is 7.11. The summed E-state index contributed by atoms with van der Waals surface area (Å²) in [7, 11) is 0. The van der Waals surface area contributed by atoms with Gasteiger partial charge in [0.2, 0.25) is 0 Å². The zero-order valence-corrected chi connectivity index (χ0v) is 15.5. The second-order valence-corrected chi connectivity index (χ2v) is 7.11. The Morgan fingerprint density at radius 3 is 2.88 bits per heavy atom. The van der Waals surface area contributed by atoms with E-state index in [9.17, 15) is 0 Å². The number of rotatable bonds is 3. The van der Waals surface area contributed by atoms with Gasteiger partial charge in [0.05, 0.1) is 12.3 Å². The van der Waals surface area contributed by atoms with Crippen molar-refractivity contribution in [3.63, 3.8) is 0 Å². The molecular weight excluding hydrogens is 326 g/mol. The third kappa shape index (κ3) is 4.02. The van der Waals surface area contributed by atoms with Gasteiger partial charge in [-0.1, -0.05) is 6.07 Å². The number of nitrogens with zero attached hydrogens (tertiary/aromatic N) is 5. The van der Waals surface area contributed by atoms with Gasteiger partial charge in [-0.2, -0.15) is 0 Å². The molecule has 0 radical (unpaired) electrons. The molecule has 6 nitrogen and oxygen atoms in total. The van der Waals surface area contributed by atoms with E-state index in [4.69, 9.17) is 14.7 Å². The number of hydrogen-bond donors (Lipinski definition) is 0. The average Bonchev–Trinajstić information content (AvgIpc) is 3.04. The van der Waals surface area contributed by atoms with Crippen LogP contribution in [-0.4, -0.2) is 59.2 Å². The highest BCUT2D eigenvalue weighted by atomic mass is 16.5. The van der Waals surface area contributed by atoms with Crippen LogP contribution in [0.4, 0.5) is 5.82 Å². The number of anilines is 1. The van der Waals surface area contributed by atoms with Crippen molar-refractivity contribution in [2.45, 2.75) is 32.7 Å². The standard InChI is InChI=1S/C20H27N5O/c1-16-22-19-6-10-24(15-17-4-2-7-21-14-17)9-5-18(19)20(23-16)25-8-3-12-26-13-11-25/h2,4,7,14H,3,5-6,8-13,15H2,1H3. The molecule has 4 rings (SSSR count). The predicted molar refractivity (Wildman–Crippen MR) is 101 cm³/mol. The molecule has 2 aromatic heterocycles. The highest BCUT2D eigenvalue weighted by molar-refractivity contribution is 5.50. The average molecular weight is 353 g/mol. The van der Waals surface area contributed by atoms with Gasteiger partial charge in [-0.15, -0.1) is 0 Å². The third-order valence-corrected chi connectivity index (χ3v) is 5.18. The molecule has 2 aliphatic heterocycles. The lowest BCUT2D eigenvalue weighted by atomic mass is 10.1. The molecule has 138 valence electrons. The number of ether oxygens (including phenoxy) is 1. The molecule has 0 N–H and O–H groups in total. The van der Waals surface area contributed by atoms with Crippen LogP contribution >= 0.6 is 0 Å². The topological polar surface area (TPSA) is 54.4 Å². The Hall–Kier alpha value is -2.05. The van der Waals surface area contributed by atoms with E-state index >= 15 is 0 Å². The molecule has 4 heterocycles. The van der Waals surface area contributed by atoms with Crippen molar-refractivity contribution >= 4 is 5.82 Å². The van der Waals surface area contributed by atoms with E-state index in [0.29, 0.717) is 0 Å². The summed E-state index contributed by atoms with van der Waals surface area (Å²) in [5.41, 5.74) is 3.84. The van der Waals surface area contributed by atoms with E-state index in [-0.39, 0.29) is 0 Å². The van der Waals surface area contributed by atoms with Crippen molar-refractivity contribution in [3.8, 4) is 0 Å². The van der Waals surface area contributed by atoms with Crippen molar-refractivity contribution in [1.82, 2.24) is 19.9 Å². The summed E-state index contributed by atoms with van der Waals surface area (Å²) >= 11 is 0. The number of fused-ring (bicyclic) bond motifs is 1. The van der Waals surface area contributed by atoms with Crippen LogP contribution in [0.15, 0.2) is 24.5 Å². The molecule has 0 aliphatic carbocycles. The minimum atomic E-state index is 0.783. The predicted octanol–water partition coefficient (Wildman–Crippen LogP) is 2.01. The molecule has 2 aromatic rings.